The quantitative estimate of drug-likeness (QED) is 0.819. The highest BCUT2D eigenvalue weighted by atomic mass is 16.5. The molecule has 0 aliphatic rings. The normalized spacial score (nSPS) is 12.0. The van der Waals surface area contributed by atoms with Crippen LogP contribution in [0, 0.1) is 19.3 Å². The van der Waals surface area contributed by atoms with Crippen LogP contribution >= 0.6 is 0 Å². The van der Waals surface area contributed by atoms with Crippen LogP contribution in [-0.4, -0.2) is 12.6 Å². The predicted octanol–water partition coefficient (Wildman–Crippen LogP) is 4.62. The van der Waals surface area contributed by atoms with Crippen molar-refractivity contribution in [3.05, 3.63) is 28.8 Å². The van der Waals surface area contributed by atoms with Crippen molar-refractivity contribution in [1.29, 1.82) is 0 Å². The third-order valence-corrected chi connectivity index (χ3v) is 3.33. The molecule has 0 radical (unpaired) electrons. The molecule has 1 aromatic rings. The zero-order chi connectivity index (χ0) is 15.3. The molecule has 2 heteroatoms. The van der Waals surface area contributed by atoms with Gasteiger partial charge in [0.2, 0.25) is 0 Å². The van der Waals surface area contributed by atoms with Crippen molar-refractivity contribution >= 4 is 0 Å². The lowest BCUT2D eigenvalue weighted by atomic mass is 9.93. The van der Waals surface area contributed by atoms with Crippen LogP contribution in [0.4, 0.5) is 0 Å². The fourth-order valence-electron chi connectivity index (χ4n) is 2.15. The maximum atomic E-state index is 6.00. The van der Waals surface area contributed by atoms with E-state index in [1.807, 2.05) is 0 Å². The van der Waals surface area contributed by atoms with Crippen LogP contribution in [0.25, 0.3) is 0 Å². The van der Waals surface area contributed by atoms with Gasteiger partial charge >= 0.3 is 0 Å². The first-order valence-electron chi connectivity index (χ1n) is 7.65. The molecular weight excluding hydrogens is 246 g/mol. The second kappa shape index (κ2) is 7.12. The monoisotopic (exact) mass is 277 g/mol. The summed E-state index contributed by atoms with van der Waals surface area (Å²) in [5.41, 5.74) is 4.12. The van der Waals surface area contributed by atoms with Crippen molar-refractivity contribution in [2.75, 3.05) is 6.61 Å². The Morgan fingerprint density at radius 2 is 1.65 bits per heavy atom. The zero-order valence-corrected chi connectivity index (χ0v) is 14.3. The summed E-state index contributed by atoms with van der Waals surface area (Å²) in [7, 11) is 0. The van der Waals surface area contributed by atoms with Crippen LogP contribution in [0.5, 0.6) is 5.75 Å². The van der Waals surface area contributed by atoms with Crippen molar-refractivity contribution < 1.29 is 4.74 Å². The lowest BCUT2D eigenvalue weighted by Crippen LogP contribution is -2.22. The van der Waals surface area contributed by atoms with E-state index >= 15 is 0 Å². The van der Waals surface area contributed by atoms with Crippen molar-refractivity contribution in [2.24, 2.45) is 5.41 Å². The van der Waals surface area contributed by atoms with Crippen molar-refractivity contribution in [3.63, 3.8) is 0 Å². The van der Waals surface area contributed by atoms with E-state index in [9.17, 15) is 0 Å². The average molecular weight is 277 g/mol. The molecule has 0 atom stereocenters. The molecule has 0 saturated carbocycles. The first kappa shape index (κ1) is 17.0. The van der Waals surface area contributed by atoms with Gasteiger partial charge in [-0.2, -0.15) is 0 Å². The molecule has 20 heavy (non-hydrogen) atoms. The first-order chi connectivity index (χ1) is 9.19. The summed E-state index contributed by atoms with van der Waals surface area (Å²) in [5.74, 6) is 1.06. The molecule has 1 aromatic carbocycles. The number of hydrogen-bond donors (Lipinski definition) is 1. The Labute approximate surface area is 124 Å². The average Bonchev–Trinajstić information content (AvgIpc) is 2.28. The highest BCUT2D eigenvalue weighted by Crippen LogP contribution is 2.26. The lowest BCUT2D eigenvalue weighted by Gasteiger charge is -2.20. The van der Waals surface area contributed by atoms with Gasteiger partial charge in [-0.25, -0.2) is 0 Å². The van der Waals surface area contributed by atoms with Crippen molar-refractivity contribution in [2.45, 2.75) is 67.5 Å². The fourth-order valence-corrected chi connectivity index (χ4v) is 2.15. The van der Waals surface area contributed by atoms with Gasteiger partial charge < -0.3 is 10.1 Å². The predicted molar refractivity (Wildman–Crippen MR) is 87.5 cm³/mol. The summed E-state index contributed by atoms with van der Waals surface area (Å²) in [6, 6.07) is 4.97. The number of aryl methyl sites for hydroxylation is 2. The second-order valence-electron chi connectivity index (χ2n) is 7.25. The Morgan fingerprint density at radius 1 is 1.10 bits per heavy atom. The molecule has 0 aromatic heterocycles. The number of nitrogens with one attached hydrogen (secondary N) is 1. The van der Waals surface area contributed by atoms with E-state index in [1.54, 1.807) is 0 Å². The minimum absolute atomic E-state index is 0.322. The van der Waals surface area contributed by atoms with Crippen LogP contribution in [0.2, 0.25) is 0 Å². The van der Waals surface area contributed by atoms with Crippen molar-refractivity contribution in [3.8, 4) is 5.75 Å². The van der Waals surface area contributed by atoms with Gasteiger partial charge in [-0.15, -0.1) is 0 Å². The highest BCUT2D eigenvalue weighted by molar-refractivity contribution is 5.43. The molecule has 2 nitrogen and oxygen atoms in total. The summed E-state index contributed by atoms with van der Waals surface area (Å²) in [4.78, 5) is 0. The third kappa shape index (κ3) is 5.96. The lowest BCUT2D eigenvalue weighted by molar-refractivity contribution is 0.240. The molecule has 0 aliphatic carbocycles. The Bertz CT molecular complexity index is 407. The van der Waals surface area contributed by atoms with Gasteiger partial charge in [-0.05, 0) is 42.4 Å². The van der Waals surface area contributed by atoms with Crippen LogP contribution < -0.4 is 10.1 Å². The molecule has 0 saturated heterocycles. The Kier molecular flexibility index (Phi) is 6.07. The smallest absolute Gasteiger partial charge is 0.125 e. The topological polar surface area (TPSA) is 21.3 Å². The molecule has 0 fully saturated rings. The Balaban J connectivity index is 2.69. The van der Waals surface area contributed by atoms with Gasteiger partial charge in [0.15, 0.2) is 0 Å². The molecule has 114 valence electrons. The van der Waals surface area contributed by atoms with E-state index in [-0.39, 0.29) is 0 Å². The van der Waals surface area contributed by atoms with E-state index in [2.05, 4.69) is 65.9 Å². The third-order valence-electron chi connectivity index (χ3n) is 3.33. The van der Waals surface area contributed by atoms with Gasteiger partial charge in [0, 0.05) is 12.6 Å². The molecule has 0 heterocycles. The van der Waals surface area contributed by atoms with Gasteiger partial charge in [0.25, 0.3) is 0 Å². The summed E-state index contributed by atoms with van der Waals surface area (Å²) in [5, 5.41) is 3.46. The van der Waals surface area contributed by atoms with E-state index in [1.165, 1.54) is 16.7 Å². The summed E-state index contributed by atoms with van der Waals surface area (Å²) >= 11 is 0. The molecule has 0 spiro atoms. The number of hydrogen-bond acceptors (Lipinski definition) is 2. The van der Waals surface area contributed by atoms with Gasteiger partial charge in [-0.1, -0.05) is 46.8 Å². The summed E-state index contributed by atoms with van der Waals surface area (Å²) in [6.07, 6.45) is 1.07. The van der Waals surface area contributed by atoms with Crippen LogP contribution in [0.15, 0.2) is 12.1 Å². The van der Waals surface area contributed by atoms with Gasteiger partial charge in [-0.3, -0.25) is 0 Å². The molecule has 0 unspecified atom stereocenters. The van der Waals surface area contributed by atoms with Crippen LogP contribution in [0.1, 0.15) is 57.7 Å². The number of rotatable bonds is 6. The fraction of sp³-hybridized carbons (Fsp3) is 0.667. The van der Waals surface area contributed by atoms with Crippen molar-refractivity contribution in [1.82, 2.24) is 5.32 Å². The SMILES string of the molecule is Cc1cc(CNC(C)C)cc(C)c1OCCC(C)(C)C. The zero-order valence-electron chi connectivity index (χ0n) is 14.3. The Morgan fingerprint density at radius 3 is 2.10 bits per heavy atom. The second-order valence-corrected chi connectivity index (χ2v) is 7.25. The number of ether oxygens (including phenoxy) is 1. The Hall–Kier alpha value is -1.02. The van der Waals surface area contributed by atoms with E-state index in [0.29, 0.717) is 11.5 Å². The standard InChI is InChI=1S/C18H31NO/c1-13(2)19-12-16-10-14(3)17(15(4)11-16)20-9-8-18(5,6)7/h10-11,13,19H,8-9,12H2,1-7H3. The summed E-state index contributed by atoms with van der Waals surface area (Å²) in [6.45, 7) is 17.1. The summed E-state index contributed by atoms with van der Waals surface area (Å²) < 4.78 is 6.00. The molecular formula is C18H31NO. The largest absolute Gasteiger partial charge is 0.493 e. The highest BCUT2D eigenvalue weighted by Gasteiger charge is 2.12. The van der Waals surface area contributed by atoms with Gasteiger partial charge in [0.05, 0.1) is 6.61 Å². The maximum absolute atomic E-state index is 6.00. The molecule has 0 amide bonds. The maximum Gasteiger partial charge on any atom is 0.125 e. The molecule has 0 aliphatic heterocycles. The van der Waals surface area contributed by atoms with E-state index < -0.39 is 0 Å². The van der Waals surface area contributed by atoms with E-state index in [0.717, 1.165) is 25.3 Å². The number of benzene rings is 1. The molecule has 1 rings (SSSR count). The van der Waals surface area contributed by atoms with Crippen LogP contribution in [0.3, 0.4) is 0 Å². The minimum atomic E-state index is 0.322. The van der Waals surface area contributed by atoms with Gasteiger partial charge in [0.1, 0.15) is 5.75 Å². The first-order valence-corrected chi connectivity index (χ1v) is 7.65. The molecule has 0 bridgehead atoms. The van der Waals surface area contributed by atoms with Crippen LogP contribution in [-0.2, 0) is 6.54 Å². The minimum Gasteiger partial charge on any atom is -0.493 e. The van der Waals surface area contributed by atoms with E-state index in [4.69, 9.17) is 4.74 Å². The molecule has 1 N–H and O–H groups in total.